The highest BCUT2D eigenvalue weighted by Crippen LogP contribution is 2.20. The Morgan fingerprint density at radius 2 is 1.46 bits per heavy atom. The van der Waals surface area contributed by atoms with Crippen molar-refractivity contribution in [3.8, 4) is 0 Å². The molecular weight excluding hydrogens is 341 g/mol. The normalized spacial score (nSPS) is 20.2. The van der Waals surface area contributed by atoms with Crippen LogP contribution in [0.2, 0.25) is 0 Å². The number of nitrogens with one attached hydrogen (secondary N) is 2. The van der Waals surface area contributed by atoms with Gasteiger partial charge in [0.05, 0.1) is 12.2 Å². The lowest BCUT2D eigenvalue weighted by Crippen LogP contribution is -2.41. The smallest absolute Gasteiger partial charge is 0.446 e. The van der Waals surface area contributed by atoms with E-state index in [1.165, 1.54) is 0 Å². The van der Waals surface area contributed by atoms with E-state index in [0.717, 1.165) is 12.2 Å². The molecule has 9 nitrogen and oxygen atoms in total. The Bertz CT molecular complexity index is 509. The van der Waals surface area contributed by atoms with E-state index < -0.39 is 42.4 Å². The molecule has 0 aromatic carbocycles. The van der Waals surface area contributed by atoms with E-state index in [-0.39, 0.29) is 13.2 Å². The average Bonchev–Trinajstić information content (AvgIpc) is 2.89. The van der Waals surface area contributed by atoms with E-state index in [9.17, 15) is 32.3 Å². The van der Waals surface area contributed by atoms with Crippen molar-refractivity contribution in [2.45, 2.75) is 38.1 Å². The number of ether oxygens (including phenoxy) is 3. The molecule has 136 valence electrons. The van der Waals surface area contributed by atoms with Crippen LogP contribution in [0, 0.1) is 0 Å². The van der Waals surface area contributed by atoms with Gasteiger partial charge in [-0.3, -0.25) is 20.2 Å². The minimum atomic E-state index is -5.19. The van der Waals surface area contributed by atoms with Crippen LogP contribution in [0.25, 0.3) is 0 Å². The second-order valence-electron chi connectivity index (χ2n) is 4.79. The van der Waals surface area contributed by atoms with Gasteiger partial charge in [0.1, 0.15) is 13.2 Å². The van der Waals surface area contributed by atoms with Gasteiger partial charge >= 0.3 is 24.3 Å². The Labute approximate surface area is 133 Å². The number of alkyl carbamates (subject to hydrolysis) is 2. The molecule has 0 radical (unpaired) electrons. The van der Waals surface area contributed by atoms with Crippen LogP contribution in [0.1, 0.15) is 19.8 Å². The second-order valence-corrected chi connectivity index (χ2v) is 4.79. The maximum atomic E-state index is 11.9. The standard InChI is InChI=1S/C12H15F3N2O7/c1-6(18)16-10(20)22-4-7-2-3-8(24-7)5-23-11(21)17-9(19)12(13,14)15/h7-8H,2-5H2,1H3,(H,16,18,20)(H,17,19,21)/t7-,8+/m1/s1. The molecule has 4 amide bonds. The maximum Gasteiger partial charge on any atom is 0.471 e. The molecule has 0 aromatic heterocycles. The molecule has 0 unspecified atom stereocenters. The molecule has 1 fully saturated rings. The first kappa shape index (κ1) is 19.7. The summed E-state index contributed by atoms with van der Waals surface area (Å²) in [4.78, 5) is 43.2. The summed E-state index contributed by atoms with van der Waals surface area (Å²) in [5.41, 5.74) is 0. The zero-order chi connectivity index (χ0) is 18.3. The van der Waals surface area contributed by atoms with Gasteiger partial charge in [0.2, 0.25) is 5.91 Å². The molecular formula is C12H15F3N2O7. The number of halogens is 3. The van der Waals surface area contributed by atoms with Gasteiger partial charge in [0.15, 0.2) is 0 Å². The van der Waals surface area contributed by atoms with Crippen LogP contribution in [-0.2, 0) is 23.8 Å². The molecule has 0 bridgehead atoms. The Morgan fingerprint density at radius 3 is 1.88 bits per heavy atom. The number of imide groups is 2. The summed E-state index contributed by atoms with van der Waals surface area (Å²) in [5.74, 6) is -3.01. The molecule has 24 heavy (non-hydrogen) atoms. The van der Waals surface area contributed by atoms with Gasteiger partial charge in [-0.15, -0.1) is 0 Å². The Kier molecular flexibility index (Phi) is 6.95. The highest BCUT2D eigenvalue weighted by molar-refractivity contribution is 5.94. The topological polar surface area (TPSA) is 120 Å². The third kappa shape index (κ3) is 7.26. The summed E-state index contributed by atoms with van der Waals surface area (Å²) in [5, 5.41) is 2.91. The first-order valence-corrected chi connectivity index (χ1v) is 6.72. The van der Waals surface area contributed by atoms with Crippen molar-refractivity contribution in [3.05, 3.63) is 0 Å². The fraction of sp³-hybridized carbons (Fsp3) is 0.667. The van der Waals surface area contributed by atoms with Crippen molar-refractivity contribution in [3.63, 3.8) is 0 Å². The summed E-state index contributed by atoms with van der Waals surface area (Å²) in [7, 11) is 0. The SMILES string of the molecule is CC(=O)NC(=O)OC[C@H]1CC[C@@H](COC(=O)NC(=O)C(F)(F)F)O1. The highest BCUT2D eigenvalue weighted by atomic mass is 19.4. The maximum absolute atomic E-state index is 11.9. The van der Waals surface area contributed by atoms with E-state index in [4.69, 9.17) is 9.47 Å². The number of carbonyl (C=O) groups excluding carboxylic acids is 4. The molecule has 12 heteroatoms. The number of hydrogen-bond donors (Lipinski definition) is 2. The first-order chi connectivity index (χ1) is 11.1. The van der Waals surface area contributed by atoms with Crippen LogP contribution in [0.4, 0.5) is 22.8 Å². The van der Waals surface area contributed by atoms with Crippen LogP contribution in [0.3, 0.4) is 0 Å². The lowest BCUT2D eigenvalue weighted by molar-refractivity contribution is -0.172. The van der Waals surface area contributed by atoms with Crippen molar-refractivity contribution in [1.82, 2.24) is 10.6 Å². The van der Waals surface area contributed by atoms with Gasteiger partial charge in [-0.2, -0.15) is 13.2 Å². The number of alkyl halides is 3. The molecule has 2 N–H and O–H groups in total. The lowest BCUT2D eigenvalue weighted by Gasteiger charge is -2.14. The predicted octanol–water partition coefficient (Wildman–Crippen LogP) is 0.622. The molecule has 1 aliphatic heterocycles. The lowest BCUT2D eigenvalue weighted by atomic mass is 10.2. The predicted molar refractivity (Wildman–Crippen MR) is 68.6 cm³/mol. The summed E-state index contributed by atoms with van der Waals surface area (Å²) < 4.78 is 50.3. The Hall–Kier alpha value is -2.37. The quantitative estimate of drug-likeness (QED) is 0.758. The summed E-state index contributed by atoms with van der Waals surface area (Å²) in [6.45, 7) is 0.622. The minimum Gasteiger partial charge on any atom is -0.446 e. The van der Waals surface area contributed by atoms with Crippen LogP contribution in [0.5, 0.6) is 0 Å². The van der Waals surface area contributed by atoms with Crippen LogP contribution in [-0.4, -0.2) is 55.6 Å². The third-order valence-electron chi connectivity index (χ3n) is 2.75. The van der Waals surface area contributed by atoms with Gasteiger partial charge in [0.25, 0.3) is 0 Å². The molecule has 1 saturated heterocycles. The number of amides is 4. The molecule has 1 aliphatic rings. The van der Waals surface area contributed by atoms with Crippen molar-refractivity contribution in [1.29, 1.82) is 0 Å². The van der Waals surface area contributed by atoms with E-state index in [2.05, 4.69) is 4.74 Å². The van der Waals surface area contributed by atoms with Crippen molar-refractivity contribution >= 4 is 24.0 Å². The second kappa shape index (κ2) is 8.47. The molecule has 2 atom stereocenters. The van der Waals surface area contributed by atoms with Crippen molar-refractivity contribution < 1.29 is 46.6 Å². The summed E-state index contributed by atoms with van der Waals surface area (Å²) in [6.07, 6.45) is -7.92. The van der Waals surface area contributed by atoms with Crippen molar-refractivity contribution in [2.75, 3.05) is 13.2 Å². The Balaban J connectivity index is 2.23. The zero-order valence-corrected chi connectivity index (χ0v) is 12.5. The molecule has 0 spiro atoms. The molecule has 0 saturated carbocycles. The van der Waals surface area contributed by atoms with E-state index in [1.54, 1.807) is 0 Å². The number of rotatable bonds is 4. The molecule has 0 aromatic rings. The minimum absolute atomic E-state index is 0.144. The van der Waals surface area contributed by atoms with Gasteiger partial charge in [-0.1, -0.05) is 0 Å². The average molecular weight is 356 g/mol. The third-order valence-corrected chi connectivity index (χ3v) is 2.75. The van der Waals surface area contributed by atoms with Gasteiger partial charge in [-0.25, -0.2) is 9.59 Å². The van der Waals surface area contributed by atoms with Crippen LogP contribution >= 0.6 is 0 Å². The molecule has 1 heterocycles. The van der Waals surface area contributed by atoms with Crippen LogP contribution in [0.15, 0.2) is 0 Å². The van der Waals surface area contributed by atoms with Gasteiger partial charge in [-0.05, 0) is 12.8 Å². The van der Waals surface area contributed by atoms with E-state index in [0.29, 0.717) is 12.8 Å². The summed E-state index contributed by atoms with van der Waals surface area (Å²) >= 11 is 0. The fourth-order valence-corrected chi connectivity index (χ4v) is 1.74. The number of hydrogen-bond acceptors (Lipinski definition) is 7. The Morgan fingerprint density at radius 1 is 1.00 bits per heavy atom. The number of carbonyl (C=O) groups is 4. The molecule has 1 rings (SSSR count). The highest BCUT2D eigenvalue weighted by Gasteiger charge is 2.40. The van der Waals surface area contributed by atoms with Gasteiger partial charge < -0.3 is 14.2 Å². The largest absolute Gasteiger partial charge is 0.471 e. The van der Waals surface area contributed by atoms with E-state index >= 15 is 0 Å². The molecule has 0 aliphatic carbocycles. The zero-order valence-electron chi connectivity index (χ0n) is 12.5. The first-order valence-electron chi connectivity index (χ1n) is 6.72. The van der Waals surface area contributed by atoms with Gasteiger partial charge in [0, 0.05) is 6.92 Å². The summed E-state index contributed by atoms with van der Waals surface area (Å²) in [6, 6.07) is 0. The fourth-order valence-electron chi connectivity index (χ4n) is 1.74. The monoisotopic (exact) mass is 356 g/mol. The van der Waals surface area contributed by atoms with Crippen molar-refractivity contribution in [2.24, 2.45) is 0 Å². The van der Waals surface area contributed by atoms with Crippen LogP contribution < -0.4 is 10.6 Å². The van der Waals surface area contributed by atoms with E-state index in [1.807, 2.05) is 5.32 Å².